The Hall–Kier alpha value is -2.92. The van der Waals surface area contributed by atoms with Crippen LogP contribution in [0.2, 0.25) is 0 Å². The van der Waals surface area contributed by atoms with Crippen LogP contribution < -0.4 is 5.32 Å². The Kier molecular flexibility index (Phi) is 4.77. The molecule has 2 aromatic heterocycles. The number of fused-ring (bicyclic) bond motifs is 1. The Bertz CT molecular complexity index is 1080. The van der Waals surface area contributed by atoms with E-state index in [0.717, 1.165) is 28.2 Å². The number of nitrogens with one attached hydrogen (secondary N) is 2. The van der Waals surface area contributed by atoms with Crippen molar-refractivity contribution in [2.45, 2.75) is 26.3 Å². The van der Waals surface area contributed by atoms with Crippen LogP contribution in [0.15, 0.2) is 60.8 Å². The summed E-state index contributed by atoms with van der Waals surface area (Å²) in [5.74, 6) is -0.0560. The van der Waals surface area contributed by atoms with Crippen LogP contribution in [-0.2, 0) is 6.42 Å². The van der Waals surface area contributed by atoms with Crippen molar-refractivity contribution in [3.8, 4) is 10.6 Å². The maximum Gasteiger partial charge on any atom is 0.263 e. The SMILES string of the molecule is Cc1nc(-c2ccccc2)sc1C(=O)NC(C)Cc1c[nH]c2ccccc12. The van der Waals surface area contributed by atoms with E-state index in [1.165, 1.54) is 22.3 Å². The molecule has 0 spiro atoms. The van der Waals surface area contributed by atoms with E-state index >= 15 is 0 Å². The molecule has 2 aromatic carbocycles. The third-order valence-corrected chi connectivity index (χ3v) is 5.81. The van der Waals surface area contributed by atoms with Crippen LogP contribution >= 0.6 is 11.3 Å². The molecule has 1 atom stereocenters. The summed E-state index contributed by atoms with van der Waals surface area (Å²) in [6.07, 6.45) is 2.80. The Morgan fingerprint density at radius 1 is 1.15 bits per heavy atom. The number of hydrogen-bond donors (Lipinski definition) is 2. The van der Waals surface area contributed by atoms with Crippen molar-refractivity contribution in [1.82, 2.24) is 15.3 Å². The van der Waals surface area contributed by atoms with Gasteiger partial charge in [0, 0.05) is 28.7 Å². The highest BCUT2D eigenvalue weighted by molar-refractivity contribution is 7.17. The molecule has 136 valence electrons. The quantitative estimate of drug-likeness (QED) is 0.518. The van der Waals surface area contributed by atoms with E-state index in [1.54, 1.807) is 0 Å². The molecule has 4 rings (SSSR count). The number of rotatable bonds is 5. The lowest BCUT2D eigenvalue weighted by molar-refractivity contribution is 0.0943. The van der Waals surface area contributed by atoms with E-state index in [9.17, 15) is 4.79 Å². The second-order valence-electron chi connectivity index (χ2n) is 6.74. The zero-order chi connectivity index (χ0) is 18.8. The van der Waals surface area contributed by atoms with E-state index in [1.807, 2.05) is 62.5 Å². The number of benzene rings is 2. The van der Waals surface area contributed by atoms with Crippen LogP contribution in [0, 0.1) is 6.92 Å². The van der Waals surface area contributed by atoms with E-state index in [4.69, 9.17) is 0 Å². The average molecular weight is 375 g/mol. The Morgan fingerprint density at radius 3 is 2.70 bits per heavy atom. The van der Waals surface area contributed by atoms with Crippen LogP contribution in [0.3, 0.4) is 0 Å². The van der Waals surface area contributed by atoms with Gasteiger partial charge in [0.15, 0.2) is 0 Å². The fraction of sp³-hybridized carbons (Fsp3) is 0.182. The first kappa shape index (κ1) is 17.5. The number of carbonyl (C=O) groups is 1. The van der Waals surface area contributed by atoms with Crippen molar-refractivity contribution < 1.29 is 4.79 Å². The smallest absolute Gasteiger partial charge is 0.263 e. The Balaban J connectivity index is 1.48. The van der Waals surface area contributed by atoms with Gasteiger partial charge in [-0.2, -0.15) is 0 Å². The second kappa shape index (κ2) is 7.37. The number of nitrogens with zero attached hydrogens (tertiary/aromatic N) is 1. The van der Waals surface area contributed by atoms with E-state index in [-0.39, 0.29) is 11.9 Å². The molecule has 0 aliphatic rings. The maximum atomic E-state index is 12.8. The first-order valence-corrected chi connectivity index (χ1v) is 9.82. The summed E-state index contributed by atoms with van der Waals surface area (Å²) in [5, 5.41) is 5.21. The number of para-hydroxylation sites is 1. The van der Waals surface area contributed by atoms with Crippen molar-refractivity contribution in [2.24, 2.45) is 0 Å². The molecule has 0 radical (unpaired) electrons. The lowest BCUT2D eigenvalue weighted by Gasteiger charge is -2.13. The normalized spacial score (nSPS) is 12.2. The number of amides is 1. The molecule has 2 N–H and O–H groups in total. The van der Waals surface area contributed by atoms with Crippen LogP contribution in [0.4, 0.5) is 0 Å². The highest BCUT2D eigenvalue weighted by atomic mass is 32.1. The molecule has 1 amide bonds. The van der Waals surface area contributed by atoms with Crippen LogP contribution in [-0.4, -0.2) is 21.9 Å². The molecule has 27 heavy (non-hydrogen) atoms. The number of carbonyl (C=O) groups excluding carboxylic acids is 1. The zero-order valence-electron chi connectivity index (χ0n) is 15.3. The monoisotopic (exact) mass is 375 g/mol. The third-order valence-electron chi connectivity index (χ3n) is 4.60. The number of aryl methyl sites for hydroxylation is 1. The topological polar surface area (TPSA) is 57.8 Å². The molecule has 0 saturated heterocycles. The van der Waals surface area contributed by atoms with Crippen LogP contribution in [0.1, 0.15) is 27.9 Å². The van der Waals surface area contributed by atoms with Crippen molar-refractivity contribution >= 4 is 28.1 Å². The predicted molar refractivity (Wildman–Crippen MR) is 111 cm³/mol. The summed E-state index contributed by atoms with van der Waals surface area (Å²) in [6, 6.07) is 18.2. The van der Waals surface area contributed by atoms with Gasteiger partial charge in [-0.05, 0) is 31.9 Å². The average Bonchev–Trinajstić information content (AvgIpc) is 3.26. The predicted octanol–water partition coefficient (Wildman–Crippen LogP) is 4.96. The fourth-order valence-corrected chi connectivity index (χ4v) is 4.26. The molecule has 0 aliphatic heterocycles. The van der Waals surface area contributed by atoms with Crippen molar-refractivity contribution in [3.05, 3.63) is 76.9 Å². The Labute approximate surface area is 162 Å². The number of aromatic nitrogens is 2. The molecule has 4 aromatic rings. The lowest BCUT2D eigenvalue weighted by atomic mass is 10.1. The number of hydrogen-bond acceptors (Lipinski definition) is 3. The van der Waals surface area contributed by atoms with Gasteiger partial charge in [0.1, 0.15) is 9.88 Å². The summed E-state index contributed by atoms with van der Waals surface area (Å²) < 4.78 is 0. The molecular formula is C22H21N3OS. The highest BCUT2D eigenvalue weighted by Crippen LogP contribution is 2.28. The standard InChI is InChI=1S/C22H21N3OS/c1-14(12-17-13-23-19-11-7-6-10-18(17)19)24-21(26)20-15(2)25-22(27-20)16-8-4-3-5-9-16/h3-11,13-14,23H,12H2,1-2H3,(H,24,26). The fourth-order valence-electron chi connectivity index (χ4n) is 3.28. The number of thiazole rings is 1. The Morgan fingerprint density at radius 2 is 1.89 bits per heavy atom. The molecule has 0 saturated carbocycles. The van der Waals surface area contributed by atoms with Gasteiger partial charge in [-0.15, -0.1) is 11.3 Å². The minimum Gasteiger partial charge on any atom is -0.361 e. The molecule has 5 heteroatoms. The summed E-state index contributed by atoms with van der Waals surface area (Å²) in [7, 11) is 0. The molecule has 0 bridgehead atoms. The summed E-state index contributed by atoms with van der Waals surface area (Å²) in [5.41, 5.74) is 4.15. The first-order chi connectivity index (χ1) is 13.1. The van der Waals surface area contributed by atoms with E-state index in [2.05, 4.69) is 27.4 Å². The van der Waals surface area contributed by atoms with Crippen molar-refractivity contribution in [1.29, 1.82) is 0 Å². The first-order valence-electron chi connectivity index (χ1n) is 9.00. The van der Waals surface area contributed by atoms with Gasteiger partial charge in [0.05, 0.1) is 5.69 Å². The maximum absolute atomic E-state index is 12.8. The molecule has 2 heterocycles. The second-order valence-corrected chi connectivity index (χ2v) is 7.74. The van der Waals surface area contributed by atoms with Gasteiger partial charge < -0.3 is 10.3 Å². The molecule has 0 fully saturated rings. The minimum absolute atomic E-state index is 0.0263. The van der Waals surface area contributed by atoms with E-state index < -0.39 is 0 Å². The van der Waals surface area contributed by atoms with Crippen molar-refractivity contribution in [2.75, 3.05) is 0 Å². The zero-order valence-corrected chi connectivity index (χ0v) is 16.1. The van der Waals surface area contributed by atoms with Gasteiger partial charge in [0.25, 0.3) is 5.91 Å². The van der Waals surface area contributed by atoms with Crippen LogP contribution in [0.5, 0.6) is 0 Å². The van der Waals surface area contributed by atoms with Gasteiger partial charge in [-0.3, -0.25) is 4.79 Å². The lowest BCUT2D eigenvalue weighted by Crippen LogP contribution is -2.33. The summed E-state index contributed by atoms with van der Waals surface area (Å²) >= 11 is 1.44. The van der Waals surface area contributed by atoms with Crippen LogP contribution in [0.25, 0.3) is 21.5 Å². The summed E-state index contributed by atoms with van der Waals surface area (Å²) in [6.45, 7) is 3.93. The van der Waals surface area contributed by atoms with Gasteiger partial charge >= 0.3 is 0 Å². The highest BCUT2D eigenvalue weighted by Gasteiger charge is 2.18. The van der Waals surface area contributed by atoms with Crippen molar-refractivity contribution in [3.63, 3.8) is 0 Å². The largest absolute Gasteiger partial charge is 0.361 e. The van der Waals surface area contributed by atoms with Gasteiger partial charge in [-0.25, -0.2) is 4.98 Å². The van der Waals surface area contributed by atoms with Gasteiger partial charge in [-0.1, -0.05) is 48.5 Å². The summed E-state index contributed by atoms with van der Waals surface area (Å²) in [4.78, 5) is 21.3. The number of H-pyrrole nitrogens is 1. The van der Waals surface area contributed by atoms with E-state index in [0.29, 0.717) is 4.88 Å². The minimum atomic E-state index is -0.0560. The molecule has 0 aliphatic carbocycles. The molecule has 4 nitrogen and oxygen atoms in total. The van der Waals surface area contributed by atoms with Gasteiger partial charge in [0.2, 0.25) is 0 Å². The molecule has 1 unspecified atom stereocenters. The third kappa shape index (κ3) is 3.64. The molecular weight excluding hydrogens is 354 g/mol. The number of aromatic amines is 1.